The van der Waals surface area contributed by atoms with Crippen LogP contribution in [0.4, 0.5) is 0 Å². The van der Waals surface area contributed by atoms with E-state index in [2.05, 4.69) is 15.0 Å². The van der Waals surface area contributed by atoms with Crippen LogP contribution in [0, 0.1) is 11.8 Å². The third-order valence-corrected chi connectivity index (χ3v) is 9.48. The summed E-state index contributed by atoms with van der Waals surface area (Å²) in [5.74, 6) is 0.944. The van der Waals surface area contributed by atoms with Crippen LogP contribution in [-0.4, -0.2) is 56.1 Å². The Morgan fingerprint density at radius 2 is 1.65 bits per heavy atom. The second-order valence-electron chi connectivity index (χ2n) is 11.6. The highest BCUT2D eigenvalue weighted by Gasteiger charge is 2.45. The van der Waals surface area contributed by atoms with Gasteiger partial charge in [0.25, 0.3) is 5.56 Å². The predicted molar refractivity (Wildman–Crippen MR) is 141 cm³/mol. The fourth-order valence-electron chi connectivity index (χ4n) is 8.19. The number of fused-ring (bicyclic) bond motifs is 5. The summed E-state index contributed by atoms with van der Waals surface area (Å²) in [6.07, 6.45) is 13.7. The molecule has 4 aliphatic rings. The van der Waals surface area contributed by atoms with Crippen molar-refractivity contribution < 1.29 is 14.7 Å². The van der Waals surface area contributed by atoms with Crippen molar-refractivity contribution in [2.75, 3.05) is 6.61 Å². The van der Waals surface area contributed by atoms with Crippen LogP contribution in [-0.2, 0) is 9.53 Å². The van der Waals surface area contributed by atoms with E-state index in [1.54, 1.807) is 6.92 Å². The molecular weight excluding hydrogens is 468 g/mol. The number of esters is 1. The van der Waals surface area contributed by atoms with Crippen molar-refractivity contribution in [3.05, 3.63) is 40.3 Å². The number of carbonyl (C=O) groups is 1. The monoisotopic (exact) mass is 506 g/mol. The minimum atomic E-state index is -0.842. The molecule has 1 aromatic carbocycles. The van der Waals surface area contributed by atoms with Crippen LogP contribution in [0.2, 0.25) is 0 Å². The fraction of sp³-hybridized carbons (Fsp3) is 0.655. The molecule has 2 aliphatic heterocycles. The standard InChI is InChI=1S/C29H38N4O4/c1-2-37-29(35)27(31-36)26-28(34)33(25-12-4-3-11-24(25)30-26)23-16-20-9-6-10-21(17-23)32(20)22-14-18-7-5-8-19(13-18)15-22/h3-4,11-12,18-23,36H,2,5-10,13-17H2,1H3/b31-27-. The van der Waals surface area contributed by atoms with Gasteiger partial charge in [-0.15, -0.1) is 0 Å². The lowest BCUT2D eigenvalue weighted by atomic mass is 9.68. The van der Waals surface area contributed by atoms with Gasteiger partial charge in [-0.05, 0) is 75.8 Å². The number of benzene rings is 1. The van der Waals surface area contributed by atoms with Gasteiger partial charge in [-0.25, -0.2) is 9.78 Å². The molecule has 0 spiro atoms. The summed E-state index contributed by atoms with van der Waals surface area (Å²) < 4.78 is 6.88. The highest BCUT2D eigenvalue weighted by Crippen LogP contribution is 2.47. The summed E-state index contributed by atoms with van der Waals surface area (Å²) in [5.41, 5.74) is 0.407. The number of rotatable bonds is 5. The van der Waals surface area contributed by atoms with Crippen molar-refractivity contribution in [3.63, 3.8) is 0 Å². The number of nitrogens with zero attached hydrogens (tertiary/aromatic N) is 4. The molecule has 6 rings (SSSR count). The van der Waals surface area contributed by atoms with E-state index in [9.17, 15) is 14.8 Å². The summed E-state index contributed by atoms with van der Waals surface area (Å²) in [6.45, 7) is 1.79. The number of ether oxygens (including phenoxy) is 1. The van der Waals surface area contributed by atoms with E-state index in [4.69, 9.17) is 4.74 Å². The average molecular weight is 507 g/mol. The summed E-state index contributed by atoms with van der Waals surface area (Å²) >= 11 is 0. The first kappa shape index (κ1) is 24.6. The van der Waals surface area contributed by atoms with Gasteiger partial charge in [0.15, 0.2) is 5.69 Å². The molecule has 0 amide bonds. The molecule has 4 fully saturated rings. The Hall–Kier alpha value is -2.74. The van der Waals surface area contributed by atoms with Crippen LogP contribution >= 0.6 is 0 Å². The zero-order valence-corrected chi connectivity index (χ0v) is 21.7. The average Bonchev–Trinajstić information content (AvgIpc) is 2.88. The van der Waals surface area contributed by atoms with Gasteiger partial charge in [0.1, 0.15) is 0 Å². The van der Waals surface area contributed by atoms with Gasteiger partial charge in [-0.2, -0.15) is 0 Å². The topological polar surface area (TPSA) is 97.0 Å². The molecule has 198 valence electrons. The molecular formula is C29H38N4O4. The summed E-state index contributed by atoms with van der Waals surface area (Å²) in [4.78, 5) is 33.8. The van der Waals surface area contributed by atoms with E-state index in [1.807, 2.05) is 28.8 Å². The zero-order valence-electron chi connectivity index (χ0n) is 21.7. The Bertz CT molecular complexity index is 1230. The predicted octanol–water partition coefficient (Wildman–Crippen LogP) is 4.66. The van der Waals surface area contributed by atoms with Crippen LogP contribution in [0.15, 0.2) is 34.2 Å². The molecule has 2 aliphatic carbocycles. The first-order valence-electron chi connectivity index (χ1n) is 14.3. The summed E-state index contributed by atoms with van der Waals surface area (Å²) in [7, 11) is 0. The minimum absolute atomic E-state index is 0.0101. The number of carbonyl (C=O) groups excluding carboxylic acids is 1. The summed E-state index contributed by atoms with van der Waals surface area (Å²) in [5, 5.41) is 12.8. The van der Waals surface area contributed by atoms with E-state index in [0.29, 0.717) is 23.6 Å². The third kappa shape index (κ3) is 4.47. The first-order valence-corrected chi connectivity index (χ1v) is 14.3. The van der Waals surface area contributed by atoms with Crippen LogP contribution in [0.25, 0.3) is 11.0 Å². The first-order chi connectivity index (χ1) is 18.1. The van der Waals surface area contributed by atoms with Crippen LogP contribution in [0.5, 0.6) is 0 Å². The molecule has 3 heterocycles. The van der Waals surface area contributed by atoms with Crippen molar-refractivity contribution in [1.82, 2.24) is 14.5 Å². The summed E-state index contributed by atoms with van der Waals surface area (Å²) in [6, 6.07) is 9.19. The number of hydrogen-bond donors (Lipinski definition) is 1. The number of aromatic nitrogens is 2. The molecule has 2 saturated carbocycles. The van der Waals surface area contributed by atoms with Gasteiger partial charge in [-0.3, -0.25) is 9.69 Å². The maximum atomic E-state index is 13.9. The highest BCUT2D eigenvalue weighted by atomic mass is 16.5. The Balaban J connectivity index is 1.36. The lowest BCUT2D eigenvalue weighted by molar-refractivity contribution is -0.135. The Morgan fingerprint density at radius 3 is 2.32 bits per heavy atom. The van der Waals surface area contributed by atoms with Crippen LogP contribution in [0.3, 0.4) is 0 Å². The molecule has 4 unspecified atom stereocenters. The van der Waals surface area contributed by atoms with Crippen LogP contribution in [0.1, 0.15) is 89.3 Å². The van der Waals surface area contributed by atoms with Crippen molar-refractivity contribution in [1.29, 1.82) is 0 Å². The zero-order chi connectivity index (χ0) is 25.5. The largest absolute Gasteiger partial charge is 0.461 e. The van der Waals surface area contributed by atoms with Gasteiger partial charge in [-0.1, -0.05) is 43.0 Å². The van der Waals surface area contributed by atoms with Crippen LogP contribution < -0.4 is 5.56 Å². The van der Waals surface area contributed by atoms with Crippen molar-refractivity contribution in [2.24, 2.45) is 17.0 Å². The smallest absolute Gasteiger partial charge is 0.362 e. The molecule has 2 saturated heterocycles. The molecule has 37 heavy (non-hydrogen) atoms. The van der Waals surface area contributed by atoms with E-state index in [-0.39, 0.29) is 23.9 Å². The number of piperidine rings is 2. The van der Waals surface area contributed by atoms with Crippen molar-refractivity contribution in [2.45, 2.75) is 102 Å². The molecule has 8 heteroatoms. The lowest BCUT2D eigenvalue weighted by Crippen LogP contribution is -2.58. The number of para-hydroxylation sites is 2. The Labute approximate surface area is 217 Å². The van der Waals surface area contributed by atoms with Crippen molar-refractivity contribution >= 4 is 22.7 Å². The fourth-order valence-corrected chi connectivity index (χ4v) is 8.19. The molecule has 4 bridgehead atoms. The molecule has 8 nitrogen and oxygen atoms in total. The van der Waals surface area contributed by atoms with E-state index < -0.39 is 11.7 Å². The number of hydrogen-bond acceptors (Lipinski definition) is 7. The molecule has 2 aromatic rings. The van der Waals surface area contributed by atoms with Gasteiger partial charge >= 0.3 is 5.97 Å². The van der Waals surface area contributed by atoms with Gasteiger partial charge in [0.05, 0.1) is 17.6 Å². The van der Waals surface area contributed by atoms with E-state index >= 15 is 0 Å². The Kier molecular flexibility index (Phi) is 6.78. The van der Waals surface area contributed by atoms with E-state index in [0.717, 1.165) is 30.2 Å². The quantitative estimate of drug-likeness (QED) is 0.274. The third-order valence-electron chi connectivity index (χ3n) is 9.48. The highest BCUT2D eigenvalue weighted by molar-refractivity contribution is 6.42. The van der Waals surface area contributed by atoms with Gasteiger partial charge in [0, 0.05) is 24.2 Å². The second-order valence-corrected chi connectivity index (χ2v) is 11.6. The molecule has 4 atom stereocenters. The lowest BCUT2D eigenvalue weighted by Gasteiger charge is -2.55. The SMILES string of the molecule is CCOC(=O)/C(=N\O)c1nc2ccccc2n(C2CC3CCCC(C2)N3C2CC3CCCC(C3)C2)c1=O. The molecule has 1 N–H and O–H groups in total. The van der Waals surface area contributed by atoms with Gasteiger partial charge in [0.2, 0.25) is 5.71 Å². The maximum absolute atomic E-state index is 13.9. The maximum Gasteiger partial charge on any atom is 0.362 e. The molecule has 0 radical (unpaired) electrons. The molecule has 1 aromatic heterocycles. The minimum Gasteiger partial charge on any atom is -0.461 e. The second kappa shape index (κ2) is 10.2. The number of oxime groups is 1. The van der Waals surface area contributed by atoms with E-state index in [1.165, 1.54) is 57.8 Å². The van der Waals surface area contributed by atoms with Gasteiger partial charge < -0.3 is 14.5 Å². The Morgan fingerprint density at radius 1 is 0.973 bits per heavy atom. The van der Waals surface area contributed by atoms with Crippen molar-refractivity contribution in [3.8, 4) is 0 Å². The normalized spacial score (nSPS) is 32.3.